The normalized spacial score (nSPS) is 12.2. The number of rotatable bonds is 3. The second kappa shape index (κ2) is 6.50. The smallest absolute Gasteiger partial charge is 0.257 e. The van der Waals surface area contributed by atoms with Crippen LogP contribution in [0, 0.1) is 0 Å². The number of hydrogen-bond donors (Lipinski definition) is 1. The molecular weight excluding hydrogens is 356 g/mol. The van der Waals surface area contributed by atoms with Crippen LogP contribution in [0.2, 0.25) is 5.02 Å². The van der Waals surface area contributed by atoms with E-state index in [9.17, 15) is 4.79 Å². The van der Waals surface area contributed by atoms with Crippen molar-refractivity contribution in [3.63, 3.8) is 0 Å². The van der Waals surface area contributed by atoms with Crippen molar-refractivity contribution in [2.24, 2.45) is 0 Å². The number of aryl methyl sites for hydroxylation is 2. The first-order valence-electron chi connectivity index (χ1n) is 7.88. The number of nitrogens with one attached hydrogen (secondary N) is 1. The van der Waals surface area contributed by atoms with Crippen molar-refractivity contribution in [1.82, 2.24) is 4.98 Å². The van der Waals surface area contributed by atoms with Crippen LogP contribution in [0.5, 0.6) is 5.75 Å². The fourth-order valence-electron chi connectivity index (χ4n) is 2.97. The molecule has 3 aromatic rings. The standard InChI is InChI=1S/C19H15ClN2O2S/c1-24-14-6-7-15-11(10-14)5-8-16-17(15)21-19(25-16)22-18(23)12-3-2-4-13(20)9-12/h2-4,6-7,9-10H,5,8H2,1H3,(H,21,22,23). The van der Waals surface area contributed by atoms with Crippen molar-refractivity contribution >= 4 is 34.0 Å². The Morgan fingerprint density at radius 2 is 2.12 bits per heavy atom. The van der Waals surface area contributed by atoms with Gasteiger partial charge in [-0.2, -0.15) is 0 Å². The molecule has 0 saturated heterocycles. The van der Waals surface area contributed by atoms with Crippen molar-refractivity contribution in [2.75, 3.05) is 12.4 Å². The average molecular weight is 371 g/mol. The van der Waals surface area contributed by atoms with E-state index < -0.39 is 0 Å². The van der Waals surface area contributed by atoms with E-state index in [2.05, 4.69) is 16.4 Å². The summed E-state index contributed by atoms with van der Waals surface area (Å²) in [6.07, 6.45) is 1.86. The molecule has 0 saturated carbocycles. The second-order valence-electron chi connectivity index (χ2n) is 5.78. The lowest BCUT2D eigenvalue weighted by atomic mass is 9.93. The van der Waals surface area contributed by atoms with E-state index in [0.717, 1.165) is 29.8 Å². The summed E-state index contributed by atoms with van der Waals surface area (Å²) in [6.45, 7) is 0. The number of halogens is 1. The Labute approximate surface area is 154 Å². The molecule has 0 unspecified atom stereocenters. The third-order valence-electron chi connectivity index (χ3n) is 4.19. The quantitative estimate of drug-likeness (QED) is 0.718. The highest BCUT2D eigenvalue weighted by atomic mass is 35.5. The van der Waals surface area contributed by atoms with Crippen LogP contribution in [0.3, 0.4) is 0 Å². The summed E-state index contributed by atoms with van der Waals surface area (Å²) in [4.78, 5) is 18.2. The number of carbonyl (C=O) groups excluding carboxylic acids is 1. The van der Waals surface area contributed by atoms with E-state index in [0.29, 0.717) is 15.7 Å². The van der Waals surface area contributed by atoms with E-state index in [1.807, 2.05) is 12.1 Å². The van der Waals surface area contributed by atoms with Crippen LogP contribution >= 0.6 is 22.9 Å². The fraction of sp³-hybridized carbons (Fsp3) is 0.158. The zero-order valence-electron chi connectivity index (χ0n) is 13.5. The van der Waals surface area contributed by atoms with Crippen molar-refractivity contribution in [1.29, 1.82) is 0 Å². The van der Waals surface area contributed by atoms with Gasteiger partial charge >= 0.3 is 0 Å². The molecule has 2 aromatic carbocycles. The van der Waals surface area contributed by atoms with Crippen molar-refractivity contribution < 1.29 is 9.53 Å². The number of benzene rings is 2. The number of aromatic nitrogens is 1. The molecule has 1 aliphatic rings. The summed E-state index contributed by atoms with van der Waals surface area (Å²) in [5.74, 6) is 0.649. The number of hydrogen-bond acceptors (Lipinski definition) is 4. The molecule has 1 N–H and O–H groups in total. The highest BCUT2D eigenvalue weighted by Gasteiger charge is 2.22. The Hall–Kier alpha value is -2.37. The molecule has 25 heavy (non-hydrogen) atoms. The number of ether oxygens (including phenoxy) is 1. The predicted octanol–water partition coefficient (Wildman–Crippen LogP) is 4.82. The minimum atomic E-state index is -0.205. The molecule has 1 heterocycles. The third kappa shape index (κ3) is 3.13. The number of carbonyl (C=O) groups is 1. The average Bonchev–Trinajstić information content (AvgIpc) is 3.04. The molecule has 4 rings (SSSR count). The van der Waals surface area contributed by atoms with Gasteiger partial charge in [-0.15, -0.1) is 11.3 Å². The maximum atomic E-state index is 12.4. The molecule has 126 valence electrons. The number of methoxy groups -OCH3 is 1. The van der Waals surface area contributed by atoms with Crippen LogP contribution in [0.15, 0.2) is 42.5 Å². The van der Waals surface area contributed by atoms with Gasteiger partial charge in [-0.05, 0) is 54.8 Å². The van der Waals surface area contributed by atoms with Gasteiger partial charge in [0.25, 0.3) is 5.91 Å². The number of amides is 1. The first-order chi connectivity index (χ1) is 12.1. The van der Waals surface area contributed by atoms with Crippen LogP contribution in [0.4, 0.5) is 5.13 Å². The van der Waals surface area contributed by atoms with Crippen molar-refractivity contribution in [3.05, 3.63) is 63.5 Å². The van der Waals surface area contributed by atoms with Crippen LogP contribution in [-0.2, 0) is 12.8 Å². The second-order valence-corrected chi connectivity index (χ2v) is 7.30. The van der Waals surface area contributed by atoms with Crippen LogP contribution < -0.4 is 10.1 Å². The Morgan fingerprint density at radius 1 is 1.24 bits per heavy atom. The number of anilines is 1. The lowest BCUT2D eigenvalue weighted by Gasteiger charge is -2.15. The number of nitrogens with zero attached hydrogens (tertiary/aromatic N) is 1. The topological polar surface area (TPSA) is 51.2 Å². The molecule has 1 aromatic heterocycles. The highest BCUT2D eigenvalue weighted by molar-refractivity contribution is 7.16. The van der Waals surface area contributed by atoms with Gasteiger partial charge in [-0.1, -0.05) is 17.7 Å². The maximum absolute atomic E-state index is 12.4. The molecular formula is C19H15ClN2O2S. The molecule has 1 aliphatic carbocycles. The van der Waals surface area contributed by atoms with Gasteiger partial charge in [0.15, 0.2) is 5.13 Å². The van der Waals surface area contributed by atoms with E-state index >= 15 is 0 Å². The summed E-state index contributed by atoms with van der Waals surface area (Å²) in [5, 5.41) is 4.03. The number of fused-ring (bicyclic) bond motifs is 3. The largest absolute Gasteiger partial charge is 0.497 e. The molecule has 0 atom stereocenters. The van der Waals surface area contributed by atoms with E-state index in [1.165, 1.54) is 21.8 Å². The van der Waals surface area contributed by atoms with Gasteiger partial charge in [0.05, 0.1) is 12.8 Å². The first-order valence-corrected chi connectivity index (χ1v) is 9.07. The lowest BCUT2D eigenvalue weighted by molar-refractivity contribution is 0.102. The van der Waals surface area contributed by atoms with Crippen molar-refractivity contribution in [2.45, 2.75) is 12.8 Å². The van der Waals surface area contributed by atoms with E-state index in [4.69, 9.17) is 16.3 Å². The molecule has 4 nitrogen and oxygen atoms in total. The zero-order chi connectivity index (χ0) is 17.4. The van der Waals surface area contributed by atoms with Gasteiger partial charge in [-0.3, -0.25) is 10.1 Å². The van der Waals surface area contributed by atoms with Crippen LogP contribution in [0.1, 0.15) is 20.8 Å². The molecule has 0 radical (unpaired) electrons. The van der Waals surface area contributed by atoms with E-state index in [-0.39, 0.29) is 5.91 Å². The Bertz CT molecular complexity index is 968. The molecule has 0 bridgehead atoms. The summed E-state index contributed by atoms with van der Waals surface area (Å²) in [7, 11) is 1.67. The summed E-state index contributed by atoms with van der Waals surface area (Å²) in [6, 6.07) is 12.9. The maximum Gasteiger partial charge on any atom is 0.257 e. The van der Waals surface area contributed by atoms with Crippen molar-refractivity contribution in [3.8, 4) is 17.0 Å². The Kier molecular flexibility index (Phi) is 4.19. The van der Waals surface area contributed by atoms with Gasteiger partial charge in [0.2, 0.25) is 0 Å². The molecule has 6 heteroatoms. The third-order valence-corrected chi connectivity index (χ3v) is 5.46. The minimum absolute atomic E-state index is 0.205. The lowest BCUT2D eigenvalue weighted by Crippen LogP contribution is -2.11. The minimum Gasteiger partial charge on any atom is -0.497 e. The van der Waals surface area contributed by atoms with Gasteiger partial charge in [-0.25, -0.2) is 4.98 Å². The Morgan fingerprint density at radius 3 is 2.92 bits per heavy atom. The van der Waals surface area contributed by atoms with Crippen LogP contribution in [-0.4, -0.2) is 18.0 Å². The summed E-state index contributed by atoms with van der Waals surface area (Å²) in [5.41, 5.74) is 3.81. The van der Waals surface area contributed by atoms with Gasteiger partial charge < -0.3 is 4.74 Å². The zero-order valence-corrected chi connectivity index (χ0v) is 15.1. The molecule has 1 amide bonds. The monoisotopic (exact) mass is 370 g/mol. The SMILES string of the molecule is COc1ccc2c(c1)CCc1sc(NC(=O)c3cccc(Cl)c3)nc1-2. The summed E-state index contributed by atoms with van der Waals surface area (Å²) < 4.78 is 5.30. The molecule has 0 fully saturated rings. The highest BCUT2D eigenvalue weighted by Crippen LogP contribution is 2.39. The van der Waals surface area contributed by atoms with Crippen LogP contribution in [0.25, 0.3) is 11.3 Å². The van der Waals surface area contributed by atoms with E-state index in [1.54, 1.807) is 31.4 Å². The Balaban J connectivity index is 1.62. The first kappa shape index (κ1) is 16.1. The summed E-state index contributed by atoms with van der Waals surface area (Å²) >= 11 is 7.48. The van der Waals surface area contributed by atoms with Gasteiger partial charge in [0.1, 0.15) is 5.75 Å². The number of thiazole rings is 1. The molecule has 0 aliphatic heterocycles. The molecule has 0 spiro atoms. The fourth-order valence-corrected chi connectivity index (χ4v) is 4.13. The van der Waals surface area contributed by atoms with Gasteiger partial charge in [0, 0.05) is 21.0 Å². The predicted molar refractivity (Wildman–Crippen MR) is 101 cm³/mol.